The van der Waals surface area contributed by atoms with Crippen LogP contribution in [0.5, 0.6) is 11.5 Å². The first-order valence-electron chi connectivity index (χ1n) is 18.9. The SMILES string of the molecule is Cc1cc(-c2ccccc2)cc2c1OC[N+](c1ccc(N(C)C)cc1)=C2.Cc1cc2c(c(C(C)(C)c3ccccc3)c1)OC[N+](c1ccc(N(C)C)cc1)=C2. The highest BCUT2D eigenvalue weighted by atomic mass is 16.5. The normalized spacial score (nSPS) is 13.1. The Hall–Kier alpha value is -6.14. The summed E-state index contributed by atoms with van der Waals surface area (Å²) in [5.41, 5.74) is 14.1. The maximum absolute atomic E-state index is 6.35. The third kappa shape index (κ3) is 8.04. The van der Waals surface area contributed by atoms with Crippen LogP contribution >= 0.6 is 0 Å². The second-order valence-electron chi connectivity index (χ2n) is 15.4. The van der Waals surface area contributed by atoms with Crippen molar-refractivity contribution in [3.8, 4) is 22.6 Å². The highest BCUT2D eigenvalue weighted by molar-refractivity contribution is 5.86. The summed E-state index contributed by atoms with van der Waals surface area (Å²) in [7, 11) is 8.21. The van der Waals surface area contributed by atoms with Crippen LogP contribution in [0.1, 0.15) is 47.2 Å². The van der Waals surface area contributed by atoms with E-state index in [0.29, 0.717) is 13.5 Å². The molecule has 0 atom stereocenters. The number of fused-ring (bicyclic) bond motifs is 2. The Morgan fingerprint density at radius 2 is 1.02 bits per heavy atom. The number of hydrogen-bond acceptors (Lipinski definition) is 4. The maximum Gasteiger partial charge on any atom is 0.292 e. The van der Waals surface area contributed by atoms with Crippen LogP contribution in [0.4, 0.5) is 22.7 Å². The van der Waals surface area contributed by atoms with Crippen molar-refractivity contribution in [1.82, 2.24) is 0 Å². The van der Waals surface area contributed by atoms with Gasteiger partial charge in [0.2, 0.25) is 11.4 Å². The van der Waals surface area contributed by atoms with Crippen LogP contribution in [-0.2, 0) is 5.41 Å². The largest absolute Gasteiger partial charge is 0.435 e. The van der Waals surface area contributed by atoms with Crippen molar-refractivity contribution in [1.29, 1.82) is 0 Å². The first kappa shape index (κ1) is 37.2. The van der Waals surface area contributed by atoms with E-state index in [9.17, 15) is 0 Å². The third-order valence-electron chi connectivity index (χ3n) is 10.5. The van der Waals surface area contributed by atoms with Crippen LogP contribution in [0, 0.1) is 13.8 Å². The van der Waals surface area contributed by atoms with Gasteiger partial charge in [0.15, 0.2) is 12.4 Å². The van der Waals surface area contributed by atoms with Crippen LogP contribution in [0.3, 0.4) is 0 Å². The Balaban J connectivity index is 0.000000170. The van der Waals surface area contributed by atoms with Gasteiger partial charge in [-0.05, 0) is 84.1 Å². The van der Waals surface area contributed by atoms with E-state index in [0.717, 1.165) is 34.0 Å². The fourth-order valence-electron chi connectivity index (χ4n) is 7.29. The zero-order valence-electron chi connectivity index (χ0n) is 33.4. The molecule has 0 saturated carbocycles. The molecule has 0 bridgehead atoms. The molecule has 0 aliphatic carbocycles. The van der Waals surface area contributed by atoms with Gasteiger partial charge in [0, 0.05) is 74.8 Å². The molecule has 0 spiro atoms. The number of ether oxygens (including phenoxy) is 2. The van der Waals surface area contributed by atoms with Crippen molar-refractivity contribution in [2.45, 2.75) is 33.1 Å². The lowest BCUT2D eigenvalue weighted by Gasteiger charge is -2.30. The Morgan fingerprint density at radius 3 is 1.55 bits per heavy atom. The number of rotatable bonds is 7. The second kappa shape index (κ2) is 15.7. The third-order valence-corrected chi connectivity index (χ3v) is 10.5. The second-order valence-corrected chi connectivity index (χ2v) is 15.4. The van der Waals surface area contributed by atoms with E-state index in [1.807, 2.05) is 6.07 Å². The summed E-state index contributed by atoms with van der Waals surface area (Å²) in [5.74, 6) is 1.97. The number of benzene rings is 6. The van der Waals surface area contributed by atoms with Crippen molar-refractivity contribution < 1.29 is 18.6 Å². The topological polar surface area (TPSA) is 31.0 Å². The monoisotopic (exact) mass is 728 g/mol. The quantitative estimate of drug-likeness (QED) is 0.153. The van der Waals surface area contributed by atoms with Gasteiger partial charge in [0.05, 0.1) is 11.1 Å². The zero-order chi connectivity index (χ0) is 38.7. The molecule has 2 aliphatic heterocycles. The average Bonchev–Trinajstić information content (AvgIpc) is 3.21. The lowest BCUT2D eigenvalue weighted by Crippen LogP contribution is -2.26. The maximum atomic E-state index is 6.35. The van der Waals surface area contributed by atoms with Crippen LogP contribution in [-0.4, -0.2) is 63.2 Å². The van der Waals surface area contributed by atoms with Crippen LogP contribution in [0.15, 0.2) is 133 Å². The molecule has 0 saturated heterocycles. The van der Waals surface area contributed by atoms with E-state index in [2.05, 4.69) is 215 Å². The Labute approximate surface area is 326 Å². The Bertz CT molecular complexity index is 2340. The molecule has 0 radical (unpaired) electrons. The first-order chi connectivity index (χ1) is 26.5. The minimum atomic E-state index is -0.138. The lowest BCUT2D eigenvalue weighted by atomic mass is 9.76. The van der Waals surface area contributed by atoms with Gasteiger partial charge in [0.1, 0.15) is 11.5 Å². The van der Waals surface area contributed by atoms with Crippen molar-refractivity contribution in [2.24, 2.45) is 0 Å². The molecule has 6 nitrogen and oxygen atoms in total. The van der Waals surface area contributed by atoms with E-state index in [1.54, 1.807) is 0 Å². The summed E-state index contributed by atoms with van der Waals surface area (Å²) in [6.07, 6.45) is 4.39. The van der Waals surface area contributed by atoms with Gasteiger partial charge in [-0.15, -0.1) is 0 Å². The van der Waals surface area contributed by atoms with E-state index in [4.69, 9.17) is 9.47 Å². The molecular weight excluding hydrogens is 677 g/mol. The highest BCUT2D eigenvalue weighted by Crippen LogP contribution is 2.41. The van der Waals surface area contributed by atoms with Gasteiger partial charge in [-0.2, -0.15) is 9.15 Å². The number of hydrogen-bond donors (Lipinski definition) is 0. The standard InChI is InChI=1S/C26H29N2O.C23H23N2O/c1-19-15-20-17-28(23-13-11-22(12-14-23)27(4)5)18-29-25(20)24(16-19)26(2,3)21-9-7-6-8-10-21;1-17-13-19(18-7-5-4-6-8-18)14-20-15-25(16-26-23(17)20)22-11-9-21(10-12-22)24(2)3/h6-17H,18H2,1-5H3;4-15H,16H2,1-3H3/q2*+1. The molecule has 8 rings (SSSR count). The molecule has 0 aromatic heterocycles. The molecule has 6 aromatic carbocycles. The molecule has 0 N–H and O–H groups in total. The fraction of sp³-hybridized carbons (Fsp3) is 0.224. The van der Waals surface area contributed by atoms with Gasteiger partial charge in [-0.25, -0.2) is 0 Å². The van der Waals surface area contributed by atoms with Crippen LogP contribution in [0.25, 0.3) is 11.1 Å². The Morgan fingerprint density at radius 1 is 0.527 bits per heavy atom. The molecule has 0 amide bonds. The summed E-state index contributed by atoms with van der Waals surface area (Å²) in [5, 5.41) is 0. The van der Waals surface area contributed by atoms with Crippen LogP contribution < -0.4 is 19.3 Å². The molecular formula is C49H52N4O2+2. The molecule has 2 heterocycles. The summed E-state index contributed by atoms with van der Waals surface area (Å²) < 4.78 is 16.7. The summed E-state index contributed by atoms with van der Waals surface area (Å²) in [6, 6.07) is 47.1. The molecule has 278 valence electrons. The van der Waals surface area contributed by atoms with Gasteiger partial charge < -0.3 is 19.3 Å². The number of nitrogens with zero attached hydrogens (tertiary/aromatic N) is 4. The van der Waals surface area contributed by atoms with Crippen LogP contribution in [0.2, 0.25) is 0 Å². The predicted molar refractivity (Wildman–Crippen MR) is 229 cm³/mol. The fourth-order valence-corrected chi connectivity index (χ4v) is 7.29. The molecule has 6 aromatic rings. The summed E-state index contributed by atoms with van der Waals surface area (Å²) >= 11 is 0. The van der Waals surface area contributed by atoms with E-state index in [-0.39, 0.29) is 5.41 Å². The van der Waals surface area contributed by atoms with Gasteiger partial charge in [-0.1, -0.05) is 80.6 Å². The van der Waals surface area contributed by atoms with Crippen molar-refractivity contribution in [3.63, 3.8) is 0 Å². The van der Waals surface area contributed by atoms with Gasteiger partial charge in [-0.3, -0.25) is 0 Å². The summed E-state index contributed by atoms with van der Waals surface area (Å²) in [4.78, 5) is 4.21. The number of anilines is 2. The van der Waals surface area contributed by atoms with E-state index < -0.39 is 0 Å². The molecule has 0 fully saturated rings. The highest BCUT2D eigenvalue weighted by Gasteiger charge is 2.31. The molecule has 2 aliphatic rings. The molecule has 55 heavy (non-hydrogen) atoms. The minimum absolute atomic E-state index is 0.138. The zero-order valence-corrected chi connectivity index (χ0v) is 33.4. The lowest BCUT2D eigenvalue weighted by molar-refractivity contribution is -0.476. The number of aryl methyl sites for hydroxylation is 2. The van der Waals surface area contributed by atoms with Gasteiger partial charge in [0.25, 0.3) is 13.5 Å². The van der Waals surface area contributed by atoms with E-state index in [1.165, 1.54) is 44.8 Å². The predicted octanol–water partition coefficient (Wildman–Crippen LogP) is 10.3. The van der Waals surface area contributed by atoms with Crippen molar-refractivity contribution >= 4 is 35.2 Å². The van der Waals surface area contributed by atoms with E-state index >= 15 is 0 Å². The average molecular weight is 729 g/mol. The first-order valence-corrected chi connectivity index (χ1v) is 18.9. The molecule has 6 heteroatoms. The minimum Gasteiger partial charge on any atom is -0.435 e. The Kier molecular flexibility index (Phi) is 10.6. The van der Waals surface area contributed by atoms with Crippen molar-refractivity contribution in [2.75, 3.05) is 51.5 Å². The smallest absolute Gasteiger partial charge is 0.292 e. The van der Waals surface area contributed by atoms with Crippen molar-refractivity contribution in [3.05, 3.63) is 167 Å². The summed E-state index contributed by atoms with van der Waals surface area (Å²) in [6.45, 7) is 9.85. The van der Waals surface area contributed by atoms with Gasteiger partial charge >= 0.3 is 0 Å². The molecule has 0 unspecified atom stereocenters.